The average Bonchev–Trinajstić information content (AvgIpc) is 2.40. The van der Waals surface area contributed by atoms with Crippen molar-refractivity contribution >= 4 is 24.1 Å². The van der Waals surface area contributed by atoms with Crippen LogP contribution in [0.1, 0.15) is 11.1 Å². The molecule has 9 heteroatoms. The van der Waals surface area contributed by atoms with Gasteiger partial charge in [0.15, 0.2) is 0 Å². The third kappa shape index (κ3) is 4.97. The molecule has 0 aliphatic carbocycles. The predicted molar refractivity (Wildman–Crippen MR) is 76.3 cm³/mol. The Morgan fingerprint density at radius 2 is 1.91 bits per heavy atom. The van der Waals surface area contributed by atoms with Crippen molar-refractivity contribution < 1.29 is 74.2 Å². The second kappa shape index (κ2) is 8.16. The summed E-state index contributed by atoms with van der Waals surface area (Å²) in [6.07, 6.45) is -0.398. The maximum absolute atomic E-state index is 13.2. The van der Waals surface area contributed by atoms with Crippen molar-refractivity contribution in [3.05, 3.63) is 23.3 Å². The standard InChI is InChI=1S/C13H17BF3N2O2.K/c1-9-10(7-13(20)21)6-11(8-12(9)14(15,16)17)19-4-2-18-3-5-19;/h6,8,18H,2-5,7H2,1H3,(H,20,21);/q-1;+1. The van der Waals surface area contributed by atoms with Gasteiger partial charge in [-0.3, -0.25) is 4.79 Å². The van der Waals surface area contributed by atoms with E-state index < -0.39 is 24.8 Å². The second-order valence-corrected chi connectivity index (χ2v) is 5.20. The zero-order chi connectivity index (χ0) is 15.6. The molecule has 0 amide bonds. The van der Waals surface area contributed by atoms with Crippen molar-refractivity contribution in [1.29, 1.82) is 0 Å². The molecule has 1 heterocycles. The van der Waals surface area contributed by atoms with Crippen molar-refractivity contribution in [3.8, 4) is 0 Å². The SMILES string of the molecule is Cc1c(CC(=O)O)cc(N2CCNCC2)cc1[B-](F)(F)F.[K+]. The summed E-state index contributed by atoms with van der Waals surface area (Å²) in [5.41, 5.74) is 0.00588. The summed E-state index contributed by atoms with van der Waals surface area (Å²) in [7, 11) is 0. The van der Waals surface area contributed by atoms with Crippen molar-refractivity contribution in [3.63, 3.8) is 0 Å². The summed E-state index contributed by atoms with van der Waals surface area (Å²) >= 11 is 0. The fraction of sp³-hybridized carbons (Fsp3) is 0.462. The Balaban J connectivity index is 0.00000242. The normalized spacial score (nSPS) is 15.4. The fourth-order valence-electron chi connectivity index (χ4n) is 2.57. The first-order valence-electron chi connectivity index (χ1n) is 6.80. The van der Waals surface area contributed by atoms with E-state index in [2.05, 4.69) is 5.32 Å². The number of rotatable bonds is 4. The van der Waals surface area contributed by atoms with Gasteiger partial charge in [0.1, 0.15) is 0 Å². The molecule has 4 nitrogen and oxygen atoms in total. The molecule has 1 aliphatic rings. The Morgan fingerprint density at radius 3 is 2.41 bits per heavy atom. The van der Waals surface area contributed by atoms with E-state index in [9.17, 15) is 17.7 Å². The largest absolute Gasteiger partial charge is 1.00 e. The minimum absolute atomic E-state index is 0. The minimum Gasteiger partial charge on any atom is -0.481 e. The Morgan fingerprint density at radius 1 is 1.32 bits per heavy atom. The summed E-state index contributed by atoms with van der Waals surface area (Å²) in [4.78, 5) is 12.7. The van der Waals surface area contributed by atoms with Gasteiger partial charge in [-0.25, -0.2) is 0 Å². The maximum Gasteiger partial charge on any atom is 1.00 e. The Labute approximate surface area is 169 Å². The molecule has 0 saturated carbocycles. The van der Waals surface area contributed by atoms with Crippen molar-refractivity contribution in [1.82, 2.24) is 5.32 Å². The molecule has 0 atom stereocenters. The third-order valence-electron chi connectivity index (χ3n) is 3.72. The number of halogens is 3. The van der Waals surface area contributed by atoms with Gasteiger partial charge in [0.05, 0.1) is 6.42 Å². The van der Waals surface area contributed by atoms with E-state index in [4.69, 9.17) is 5.11 Å². The van der Waals surface area contributed by atoms with Crippen molar-refractivity contribution in [2.75, 3.05) is 31.1 Å². The molecule has 0 spiro atoms. The number of carboxylic acids is 1. The van der Waals surface area contributed by atoms with Gasteiger partial charge >= 0.3 is 64.3 Å². The molecule has 1 aliphatic heterocycles. The van der Waals surface area contributed by atoms with Crippen LogP contribution in [-0.4, -0.2) is 44.2 Å². The summed E-state index contributed by atoms with van der Waals surface area (Å²) in [6, 6.07) is 2.71. The molecule has 116 valence electrons. The number of anilines is 1. The van der Waals surface area contributed by atoms with Crippen LogP contribution in [0.5, 0.6) is 0 Å². The summed E-state index contributed by atoms with van der Waals surface area (Å²) in [5, 5.41) is 12.0. The predicted octanol–water partition coefficient (Wildman–Crippen LogP) is -1.91. The maximum atomic E-state index is 13.2. The van der Waals surface area contributed by atoms with Crippen LogP contribution in [0, 0.1) is 6.92 Å². The van der Waals surface area contributed by atoms with Gasteiger partial charge in [-0.15, -0.1) is 5.46 Å². The summed E-state index contributed by atoms with van der Waals surface area (Å²) in [5.74, 6) is -1.13. The molecule has 22 heavy (non-hydrogen) atoms. The molecule has 0 aromatic heterocycles. The van der Waals surface area contributed by atoms with E-state index >= 15 is 0 Å². The first-order chi connectivity index (χ1) is 9.79. The number of aliphatic carboxylic acids is 1. The van der Waals surface area contributed by atoms with Crippen LogP contribution >= 0.6 is 0 Å². The third-order valence-corrected chi connectivity index (χ3v) is 3.72. The van der Waals surface area contributed by atoms with E-state index in [1.165, 1.54) is 6.92 Å². The molecular weight excluding hydrogens is 323 g/mol. The van der Waals surface area contributed by atoms with Crippen LogP contribution in [0.4, 0.5) is 18.6 Å². The topological polar surface area (TPSA) is 52.6 Å². The number of benzene rings is 1. The zero-order valence-electron chi connectivity index (χ0n) is 12.7. The van der Waals surface area contributed by atoms with Gasteiger partial charge in [-0.1, -0.05) is 11.6 Å². The van der Waals surface area contributed by atoms with Gasteiger partial charge in [0, 0.05) is 31.9 Å². The molecule has 1 saturated heterocycles. The van der Waals surface area contributed by atoms with Crippen molar-refractivity contribution in [2.45, 2.75) is 13.3 Å². The summed E-state index contributed by atoms with van der Waals surface area (Å²) < 4.78 is 39.6. The van der Waals surface area contributed by atoms with E-state index in [1.54, 1.807) is 6.07 Å². The molecule has 0 radical (unpaired) electrons. The van der Waals surface area contributed by atoms with Gasteiger partial charge in [-0.05, 0) is 18.6 Å². The number of nitrogens with zero attached hydrogens (tertiary/aromatic N) is 1. The number of nitrogens with one attached hydrogen (secondary N) is 1. The minimum atomic E-state index is -5.16. The van der Waals surface area contributed by atoms with E-state index in [1.807, 2.05) is 4.90 Å². The molecule has 1 fully saturated rings. The number of carboxylic acid groups (broad SMARTS) is 1. The second-order valence-electron chi connectivity index (χ2n) is 5.20. The number of carbonyl (C=O) groups is 1. The Bertz CT molecular complexity index is 549. The number of piperazine rings is 1. The van der Waals surface area contributed by atoms with Crippen molar-refractivity contribution in [2.24, 2.45) is 0 Å². The summed E-state index contributed by atoms with van der Waals surface area (Å²) in [6.45, 7) is -1.20. The van der Waals surface area contributed by atoms with E-state index in [0.29, 0.717) is 31.9 Å². The molecule has 2 rings (SSSR count). The quantitative estimate of drug-likeness (QED) is 0.629. The van der Waals surface area contributed by atoms with Gasteiger partial charge < -0.3 is 28.3 Å². The smallest absolute Gasteiger partial charge is 0.481 e. The van der Waals surface area contributed by atoms with E-state index in [0.717, 1.165) is 6.07 Å². The van der Waals surface area contributed by atoms with Crippen LogP contribution < -0.4 is 67.1 Å². The van der Waals surface area contributed by atoms with Crippen LogP contribution in [0.15, 0.2) is 12.1 Å². The first-order valence-corrected chi connectivity index (χ1v) is 6.80. The molecular formula is C13H17BF3KN2O2. The van der Waals surface area contributed by atoms with Gasteiger partial charge in [0.25, 0.3) is 0 Å². The van der Waals surface area contributed by atoms with Crippen LogP contribution in [0.25, 0.3) is 0 Å². The van der Waals surface area contributed by atoms with Crippen LogP contribution in [0.2, 0.25) is 0 Å². The van der Waals surface area contributed by atoms with Crippen LogP contribution in [-0.2, 0) is 11.2 Å². The monoisotopic (exact) mass is 340 g/mol. The van der Waals surface area contributed by atoms with Gasteiger partial charge in [-0.2, -0.15) is 0 Å². The number of hydrogen-bond donors (Lipinski definition) is 2. The molecule has 0 unspecified atom stereocenters. The first kappa shape index (κ1) is 20.0. The molecule has 0 bridgehead atoms. The molecule has 2 N–H and O–H groups in total. The van der Waals surface area contributed by atoms with Gasteiger partial charge in [0.2, 0.25) is 0 Å². The molecule has 1 aromatic carbocycles. The average molecular weight is 340 g/mol. The Kier molecular flexibility index (Phi) is 7.42. The Hall–Kier alpha value is -0.0587. The fourth-order valence-corrected chi connectivity index (χ4v) is 2.57. The van der Waals surface area contributed by atoms with E-state index in [-0.39, 0.29) is 62.5 Å². The zero-order valence-corrected chi connectivity index (χ0v) is 15.8. The number of hydrogen-bond acceptors (Lipinski definition) is 3. The molecule has 1 aromatic rings. The van der Waals surface area contributed by atoms with Crippen LogP contribution in [0.3, 0.4) is 0 Å².